The number of nitrogens with one attached hydrogen (secondary N) is 4. The van der Waals surface area contributed by atoms with E-state index >= 15 is 0 Å². The van der Waals surface area contributed by atoms with Crippen molar-refractivity contribution >= 4 is 11.6 Å². The van der Waals surface area contributed by atoms with E-state index in [4.69, 9.17) is 5.73 Å². The maximum absolute atomic E-state index is 12.2. The predicted octanol–water partition coefficient (Wildman–Crippen LogP) is 0.252. The molecule has 11 heteroatoms. The lowest BCUT2D eigenvalue weighted by atomic mass is 9.86. The smallest absolute Gasteiger partial charge is 0.268 e. The number of benzene rings is 1. The zero-order valence-electron chi connectivity index (χ0n) is 15.6. The Labute approximate surface area is 166 Å². The number of aromatic amines is 1. The minimum Gasteiger partial charge on any atom is -0.381 e. The predicted molar refractivity (Wildman–Crippen MR) is 105 cm³/mol. The van der Waals surface area contributed by atoms with Gasteiger partial charge in [0.05, 0.1) is 5.56 Å². The van der Waals surface area contributed by atoms with Crippen molar-refractivity contribution in [1.82, 2.24) is 41.4 Å². The standard InChI is InChI=1S/C18H22N10O/c19-16-14(22-13-4-1-3-11(7-13)17-24-27-28-25-17)5-2-6-15(16)23-26-18(29)12-8-20-10-21-9-12/h1,3-4,7-10,14-16,22-23H,2,5-6,19H2,(H,26,29)(H,24,25,27,28)/t14?,15-,16+/m1/s1. The number of nitrogens with two attached hydrogens (primary N) is 1. The van der Waals surface area contributed by atoms with Crippen LogP contribution in [0.5, 0.6) is 0 Å². The first kappa shape index (κ1) is 18.9. The van der Waals surface area contributed by atoms with E-state index in [1.165, 1.54) is 18.7 Å². The van der Waals surface area contributed by atoms with Crippen LogP contribution in [0.15, 0.2) is 43.0 Å². The maximum Gasteiger partial charge on any atom is 0.268 e. The molecule has 150 valence electrons. The Morgan fingerprint density at radius 3 is 2.79 bits per heavy atom. The summed E-state index contributed by atoms with van der Waals surface area (Å²) in [6, 6.07) is 7.60. The Hall–Kier alpha value is -3.44. The summed E-state index contributed by atoms with van der Waals surface area (Å²) in [5.41, 5.74) is 14.4. The largest absolute Gasteiger partial charge is 0.381 e. The van der Waals surface area contributed by atoms with Crippen LogP contribution < -0.4 is 21.9 Å². The number of hydrogen-bond donors (Lipinski definition) is 5. The summed E-state index contributed by atoms with van der Waals surface area (Å²) in [6.07, 6.45) is 7.10. The van der Waals surface area contributed by atoms with Crippen molar-refractivity contribution in [3.8, 4) is 11.4 Å². The Balaban J connectivity index is 1.37. The minimum atomic E-state index is -0.291. The van der Waals surface area contributed by atoms with E-state index in [-0.39, 0.29) is 24.0 Å². The molecule has 29 heavy (non-hydrogen) atoms. The van der Waals surface area contributed by atoms with Gasteiger partial charge in [-0.2, -0.15) is 5.21 Å². The molecule has 2 aromatic heterocycles. The molecule has 1 aliphatic rings. The fourth-order valence-corrected chi connectivity index (χ4v) is 3.45. The molecule has 0 radical (unpaired) electrons. The molecule has 1 fully saturated rings. The highest BCUT2D eigenvalue weighted by atomic mass is 16.2. The lowest BCUT2D eigenvalue weighted by Gasteiger charge is -2.37. The average Bonchev–Trinajstić information content (AvgIpc) is 3.30. The van der Waals surface area contributed by atoms with E-state index in [2.05, 4.69) is 46.8 Å². The third-order valence-electron chi connectivity index (χ3n) is 4.97. The summed E-state index contributed by atoms with van der Waals surface area (Å²) >= 11 is 0. The molecule has 11 nitrogen and oxygen atoms in total. The number of rotatable bonds is 6. The van der Waals surface area contributed by atoms with Crippen LogP contribution in [-0.4, -0.2) is 54.6 Å². The van der Waals surface area contributed by atoms with Crippen molar-refractivity contribution in [1.29, 1.82) is 0 Å². The zero-order chi connectivity index (χ0) is 20.1. The first-order valence-corrected chi connectivity index (χ1v) is 9.37. The lowest BCUT2D eigenvalue weighted by molar-refractivity contribution is 0.0915. The van der Waals surface area contributed by atoms with Gasteiger partial charge in [-0.3, -0.25) is 10.2 Å². The van der Waals surface area contributed by atoms with Gasteiger partial charge in [-0.1, -0.05) is 12.1 Å². The topological polar surface area (TPSA) is 159 Å². The van der Waals surface area contributed by atoms with Gasteiger partial charge in [0.1, 0.15) is 6.33 Å². The average molecular weight is 394 g/mol. The Bertz CT molecular complexity index is 933. The van der Waals surface area contributed by atoms with Crippen LogP contribution in [0.1, 0.15) is 29.6 Å². The highest BCUT2D eigenvalue weighted by molar-refractivity contribution is 5.93. The molecule has 0 bridgehead atoms. The van der Waals surface area contributed by atoms with Crippen LogP contribution in [0, 0.1) is 0 Å². The molecular weight excluding hydrogens is 372 g/mol. The summed E-state index contributed by atoms with van der Waals surface area (Å²) in [5.74, 6) is 0.245. The van der Waals surface area contributed by atoms with Crippen LogP contribution in [0.3, 0.4) is 0 Å². The van der Waals surface area contributed by atoms with Gasteiger partial charge in [-0.15, -0.1) is 10.2 Å². The maximum atomic E-state index is 12.2. The summed E-state index contributed by atoms with van der Waals surface area (Å²) in [4.78, 5) is 19.9. The van der Waals surface area contributed by atoms with Gasteiger partial charge in [0.25, 0.3) is 5.91 Å². The van der Waals surface area contributed by atoms with Crippen LogP contribution in [0.2, 0.25) is 0 Å². The zero-order valence-corrected chi connectivity index (χ0v) is 15.6. The van der Waals surface area contributed by atoms with Gasteiger partial charge in [-0.05, 0) is 36.6 Å². The van der Waals surface area contributed by atoms with Crippen molar-refractivity contribution in [2.24, 2.45) is 5.73 Å². The number of H-pyrrole nitrogens is 1. The summed E-state index contributed by atoms with van der Waals surface area (Å²) in [5, 5.41) is 17.6. The van der Waals surface area contributed by atoms with Gasteiger partial charge >= 0.3 is 0 Å². The van der Waals surface area contributed by atoms with Crippen molar-refractivity contribution in [3.05, 3.63) is 48.5 Å². The van der Waals surface area contributed by atoms with Crippen molar-refractivity contribution in [2.75, 3.05) is 5.32 Å². The number of aromatic nitrogens is 6. The van der Waals surface area contributed by atoms with Crippen LogP contribution in [-0.2, 0) is 0 Å². The Morgan fingerprint density at radius 1 is 1.17 bits per heavy atom. The monoisotopic (exact) mass is 394 g/mol. The van der Waals surface area contributed by atoms with E-state index < -0.39 is 0 Å². The van der Waals surface area contributed by atoms with Crippen molar-refractivity contribution in [2.45, 2.75) is 37.4 Å². The molecule has 1 amide bonds. The molecule has 3 atom stereocenters. The van der Waals surface area contributed by atoms with E-state index in [1.54, 1.807) is 0 Å². The molecule has 4 rings (SSSR count). The fourth-order valence-electron chi connectivity index (χ4n) is 3.45. The number of carbonyl (C=O) groups excluding carboxylic acids is 1. The molecule has 1 aliphatic carbocycles. The highest BCUT2D eigenvalue weighted by Gasteiger charge is 2.31. The second kappa shape index (κ2) is 8.71. The highest BCUT2D eigenvalue weighted by Crippen LogP contribution is 2.24. The Kier molecular flexibility index (Phi) is 5.68. The van der Waals surface area contributed by atoms with Crippen LogP contribution in [0.25, 0.3) is 11.4 Å². The van der Waals surface area contributed by atoms with E-state index in [1.807, 2.05) is 24.3 Å². The normalized spacial score (nSPS) is 21.5. The molecule has 1 unspecified atom stereocenters. The number of hydrogen-bond acceptors (Lipinski definition) is 9. The van der Waals surface area contributed by atoms with Gasteiger partial charge in [0.2, 0.25) is 5.82 Å². The summed E-state index contributed by atoms with van der Waals surface area (Å²) < 4.78 is 0. The number of amides is 1. The van der Waals surface area contributed by atoms with Gasteiger partial charge in [0.15, 0.2) is 0 Å². The lowest BCUT2D eigenvalue weighted by Crippen LogP contribution is -2.60. The molecule has 1 aromatic carbocycles. The number of hydrazine groups is 1. The number of anilines is 1. The number of carbonyl (C=O) groups is 1. The molecule has 6 N–H and O–H groups in total. The van der Waals surface area contributed by atoms with Gasteiger partial charge in [0, 0.05) is 41.8 Å². The second-order valence-electron chi connectivity index (χ2n) is 6.91. The molecular formula is C18H22N10O. The summed E-state index contributed by atoms with van der Waals surface area (Å²) in [6.45, 7) is 0. The van der Waals surface area contributed by atoms with E-state index in [9.17, 15) is 4.79 Å². The SMILES string of the molecule is N[C@H]1C(Nc2cccc(-c3nn[nH]n3)c2)CCC[C@H]1NNC(=O)c1cncnc1. The van der Waals surface area contributed by atoms with Crippen LogP contribution in [0.4, 0.5) is 5.69 Å². The first-order chi connectivity index (χ1) is 14.2. The second-order valence-corrected chi connectivity index (χ2v) is 6.91. The third kappa shape index (κ3) is 4.52. The molecule has 1 saturated carbocycles. The minimum absolute atomic E-state index is 0.0544. The van der Waals surface area contributed by atoms with E-state index in [0.717, 1.165) is 30.5 Å². The fraction of sp³-hybridized carbons (Fsp3) is 0.333. The number of nitrogens with zero attached hydrogens (tertiary/aromatic N) is 5. The molecule has 0 spiro atoms. The van der Waals surface area contributed by atoms with Crippen molar-refractivity contribution < 1.29 is 4.79 Å². The van der Waals surface area contributed by atoms with Crippen molar-refractivity contribution in [3.63, 3.8) is 0 Å². The van der Waals surface area contributed by atoms with Gasteiger partial charge < -0.3 is 11.1 Å². The molecule has 0 saturated heterocycles. The van der Waals surface area contributed by atoms with E-state index in [0.29, 0.717) is 11.4 Å². The third-order valence-corrected chi connectivity index (χ3v) is 4.97. The number of tetrazole rings is 1. The van der Waals surface area contributed by atoms with Crippen LogP contribution >= 0.6 is 0 Å². The quantitative estimate of drug-likeness (QED) is 0.369. The molecule has 3 aromatic rings. The Morgan fingerprint density at radius 2 is 2.00 bits per heavy atom. The van der Waals surface area contributed by atoms with Gasteiger partial charge in [-0.25, -0.2) is 15.4 Å². The molecule has 2 heterocycles. The first-order valence-electron chi connectivity index (χ1n) is 9.37. The molecule has 0 aliphatic heterocycles. The summed E-state index contributed by atoms with van der Waals surface area (Å²) in [7, 11) is 0.